The fourth-order valence-corrected chi connectivity index (χ4v) is 5.32. The molecule has 1 aliphatic heterocycles. The maximum absolute atomic E-state index is 12.7. The van der Waals surface area contributed by atoms with E-state index in [1.54, 1.807) is 0 Å². The number of hydrogen-bond donors (Lipinski definition) is 3. The monoisotopic (exact) mass is 445 g/mol. The van der Waals surface area contributed by atoms with Gasteiger partial charge >= 0.3 is 0 Å². The fourth-order valence-electron chi connectivity index (χ4n) is 3.71. The number of rotatable bonds is 5. The molecule has 0 radical (unpaired) electrons. The van der Waals surface area contributed by atoms with Crippen LogP contribution in [0.15, 0.2) is 35.3 Å². The predicted octanol–water partition coefficient (Wildman–Crippen LogP) is 0.870. The predicted molar refractivity (Wildman–Crippen MR) is 116 cm³/mol. The van der Waals surface area contributed by atoms with Gasteiger partial charge in [0.1, 0.15) is 0 Å². The van der Waals surface area contributed by atoms with Gasteiger partial charge in [0.05, 0.1) is 5.75 Å². The number of anilines is 1. The Morgan fingerprint density at radius 2 is 2.06 bits per heavy atom. The number of aromatic amines is 1. The average Bonchev–Trinajstić information content (AvgIpc) is 3.16. The lowest BCUT2D eigenvalue weighted by Gasteiger charge is -2.28. The van der Waals surface area contributed by atoms with Crippen molar-refractivity contribution in [2.45, 2.75) is 19.3 Å². The second-order valence-electron chi connectivity index (χ2n) is 7.43. The zero-order valence-corrected chi connectivity index (χ0v) is 17.8. The normalized spacial score (nSPS) is 15.8. The molecule has 0 aliphatic carbocycles. The first-order chi connectivity index (χ1) is 14.8. The number of para-hydroxylation sites is 1. The molecule has 1 saturated heterocycles. The molecule has 0 spiro atoms. The van der Waals surface area contributed by atoms with Gasteiger partial charge in [-0.2, -0.15) is 0 Å². The zero-order valence-electron chi connectivity index (χ0n) is 17.0. The molecule has 1 amide bonds. The summed E-state index contributed by atoms with van der Waals surface area (Å²) in [5.74, 6) is -1.80. The average molecular weight is 446 g/mol. The van der Waals surface area contributed by atoms with E-state index in [-0.39, 0.29) is 24.8 Å². The number of nitrogens with zero attached hydrogens (tertiary/aromatic N) is 3. The van der Waals surface area contributed by atoms with Gasteiger partial charge in [0.2, 0.25) is 21.7 Å². The summed E-state index contributed by atoms with van der Waals surface area (Å²) in [6.45, 7) is 0.406. The summed E-state index contributed by atoms with van der Waals surface area (Å²) in [6.07, 6.45) is 3.52. The van der Waals surface area contributed by atoms with Crippen LogP contribution < -0.4 is 15.2 Å². The molecule has 1 aliphatic rings. The van der Waals surface area contributed by atoms with Gasteiger partial charge in [-0.1, -0.05) is 18.2 Å². The van der Waals surface area contributed by atoms with Crippen molar-refractivity contribution in [3.05, 3.63) is 52.1 Å². The van der Waals surface area contributed by atoms with E-state index in [9.17, 15) is 23.1 Å². The number of carbonyl (C=O) groups excluding carboxylic acids is 1. The van der Waals surface area contributed by atoms with Gasteiger partial charge in [-0.05, 0) is 30.9 Å². The van der Waals surface area contributed by atoms with Gasteiger partial charge in [-0.25, -0.2) is 17.7 Å². The Kier molecular flexibility index (Phi) is 5.44. The van der Waals surface area contributed by atoms with Crippen LogP contribution in [0.1, 0.15) is 28.9 Å². The van der Waals surface area contributed by atoms with Crippen LogP contribution >= 0.6 is 0 Å². The van der Waals surface area contributed by atoms with Crippen LogP contribution in [0.5, 0.6) is 5.75 Å². The Morgan fingerprint density at radius 3 is 2.84 bits per heavy atom. The number of fused-ring (bicyclic) bond motifs is 1. The summed E-state index contributed by atoms with van der Waals surface area (Å²) < 4.78 is 26.8. The van der Waals surface area contributed by atoms with Crippen molar-refractivity contribution in [1.29, 1.82) is 0 Å². The standard InChI is InChI=1S/C20H23N5O5S/c1-24-19(28)17(26)16(23-20(24)25-10-4-5-11-31(25,29)30)18(27)21-9-8-13-12-22-15-7-3-2-6-14(13)15/h2-3,6-7,12,22,26H,4-5,8-11H2,1H3,(H,21,27). The van der Waals surface area contributed by atoms with Crippen molar-refractivity contribution < 1.29 is 18.3 Å². The summed E-state index contributed by atoms with van der Waals surface area (Å²) in [6, 6.07) is 7.78. The summed E-state index contributed by atoms with van der Waals surface area (Å²) in [5, 5.41) is 13.9. The van der Waals surface area contributed by atoms with Crippen LogP contribution in [0.2, 0.25) is 0 Å². The molecule has 10 nitrogen and oxygen atoms in total. The number of carbonyl (C=O) groups is 1. The first-order valence-corrected chi connectivity index (χ1v) is 11.5. The molecule has 0 saturated carbocycles. The van der Waals surface area contributed by atoms with E-state index in [4.69, 9.17) is 0 Å². The third kappa shape index (κ3) is 3.88. The van der Waals surface area contributed by atoms with Crippen molar-refractivity contribution >= 4 is 32.8 Å². The Hall–Kier alpha value is -3.34. The Morgan fingerprint density at radius 1 is 1.29 bits per heavy atom. The molecule has 2 aromatic heterocycles. The van der Waals surface area contributed by atoms with Gasteiger partial charge in [0, 0.05) is 37.2 Å². The zero-order chi connectivity index (χ0) is 22.2. The van der Waals surface area contributed by atoms with Crippen molar-refractivity contribution in [1.82, 2.24) is 19.9 Å². The Labute approximate surface area is 178 Å². The van der Waals surface area contributed by atoms with E-state index in [0.29, 0.717) is 19.3 Å². The van der Waals surface area contributed by atoms with Crippen molar-refractivity contribution in [3.63, 3.8) is 0 Å². The third-order valence-electron chi connectivity index (χ3n) is 5.39. The quantitative estimate of drug-likeness (QED) is 0.533. The van der Waals surface area contributed by atoms with Crippen LogP contribution in [0.3, 0.4) is 0 Å². The first kappa shape index (κ1) is 20.9. The number of hydrogen-bond acceptors (Lipinski definition) is 6. The number of nitrogens with one attached hydrogen (secondary N) is 2. The van der Waals surface area contributed by atoms with Crippen molar-refractivity contribution in [3.8, 4) is 5.75 Å². The van der Waals surface area contributed by atoms with E-state index in [0.717, 1.165) is 25.3 Å². The molecule has 164 valence electrons. The minimum absolute atomic E-state index is 0.0596. The molecule has 31 heavy (non-hydrogen) atoms. The smallest absolute Gasteiger partial charge is 0.297 e. The molecule has 0 unspecified atom stereocenters. The van der Waals surface area contributed by atoms with Gasteiger partial charge in [-0.3, -0.25) is 14.2 Å². The maximum atomic E-state index is 12.7. The van der Waals surface area contributed by atoms with E-state index >= 15 is 0 Å². The second kappa shape index (κ2) is 8.06. The lowest BCUT2D eigenvalue weighted by Crippen LogP contribution is -2.42. The number of aromatic nitrogens is 3. The van der Waals surface area contributed by atoms with Gasteiger partial charge in [0.25, 0.3) is 11.5 Å². The highest BCUT2D eigenvalue weighted by Crippen LogP contribution is 2.23. The van der Waals surface area contributed by atoms with E-state index in [1.165, 1.54) is 7.05 Å². The highest BCUT2D eigenvalue weighted by atomic mass is 32.2. The van der Waals surface area contributed by atoms with Crippen LogP contribution in [0.4, 0.5) is 5.95 Å². The molecular weight excluding hydrogens is 422 g/mol. The molecule has 3 N–H and O–H groups in total. The Bertz CT molecular complexity index is 1310. The molecule has 0 atom stereocenters. The third-order valence-corrected chi connectivity index (χ3v) is 7.21. The number of aromatic hydroxyl groups is 1. The highest BCUT2D eigenvalue weighted by Gasteiger charge is 2.31. The minimum Gasteiger partial charge on any atom is -0.501 e. The molecular formula is C20H23N5O5S. The molecule has 3 heterocycles. The van der Waals surface area contributed by atoms with Crippen LogP contribution in [0.25, 0.3) is 10.9 Å². The van der Waals surface area contributed by atoms with Crippen LogP contribution in [-0.4, -0.2) is 52.8 Å². The van der Waals surface area contributed by atoms with Crippen LogP contribution in [0, 0.1) is 0 Å². The highest BCUT2D eigenvalue weighted by molar-refractivity contribution is 7.92. The number of H-pyrrole nitrogens is 1. The summed E-state index contributed by atoms with van der Waals surface area (Å²) in [5.41, 5.74) is 0.629. The molecule has 0 bridgehead atoms. The fraction of sp³-hybridized carbons (Fsp3) is 0.350. The summed E-state index contributed by atoms with van der Waals surface area (Å²) in [4.78, 5) is 32.3. The topological polar surface area (TPSA) is 137 Å². The first-order valence-electron chi connectivity index (χ1n) is 9.93. The number of amides is 1. The molecule has 3 aromatic rings. The molecule has 11 heteroatoms. The second-order valence-corrected chi connectivity index (χ2v) is 9.45. The molecule has 1 aromatic carbocycles. The number of sulfonamides is 1. The maximum Gasteiger partial charge on any atom is 0.297 e. The molecule has 4 rings (SSSR count). The van der Waals surface area contributed by atoms with E-state index in [1.807, 2.05) is 30.5 Å². The van der Waals surface area contributed by atoms with Gasteiger partial charge in [0.15, 0.2) is 5.69 Å². The molecule has 1 fully saturated rings. The van der Waals surface area contributed by atoms with E-state index in [2.05, 4.69) is 15.3 Å². The lowest BCUT2D eigenvalue weighted by atomic mass is 10.1. The summed E-state index contributed by atoms with van der Waals surface area (Å²) in [7, 11) is -2.33. The lowest BCUT2D eigenvalue weighted by molar-refractivity contribution is 0.0945. The summed E-state index contributed by atoms with van der Waals surface area (Å²) >= 11 is 0. The van der Waals surface area contributed by atoms with Crippen molar-refractivity contribution in [2.75, 3.05) is 23.1 Å². The van der Waals surface area contributed by atoms with Crippen molar-refractivity contribution in [2.24, 2.45) is 7.05 Å². The van der Waals surface area contributed by atoms with E-state index < -0.39 is 32.9 Å². The largest absolute Gasteiger partial charge is 0.501 e. The van der Waals surface area contributed by atoms with Crippen LogP contribution in [-0.2, 0) is 23.5 Å². The Balaban J connectivity index is 1.56. The SMILES string of the molecule is Cn1c(N2CCCCS2(=O)=O)nc(C(=O)NCCc2c[nH]c3ccccc23)c(O)c1=O. The van der Waals surface area contributed by atoms with Gasteiger partial charge < -0.3 is 15.4 Å². The van der Waals surface area contributed by atoms with Gasteiger partial charge in [-0.15, -0.1) is 0 Å². The number of benzene rings is 1. The minimum atomic E-state index is -3.64.